The Labute approximate surface area is 132 Å². The van der Waals surface area contributed by atoms with Crippen molar-refractivity contribution in [2.24, 2.45) is 0 Å². The molecular weight excluding hydrogens is 336 g/mol. The number of halogens is 1. The van der Waals surface area contributed by atoms with Gasteiger partial charge in [0.1, 0.15) is 5.82 Å². The van der Waals surface area contributed by atoms with E-state index in [1.807, 2.05) is 25.1 Å². The summed E-state index contributed by atoms with van der Waals surface area (Å²) in [6.07, 6.45) is 1.74. The molecule has 2 rings (SSSR count). The highest BCUT2D eigenvalue weighted by Crippen LogP contribution is 2.40. The number of anilines is 2. The SMILES string of the molecule is COc1cc(Nc2ncc(Br)cc2C)cc(OC)c1OC. The molecule has 0 saturated carbocycles. The van der Waals surface area contributed by atoms with Crippen LogP contribution in [0.3, 0.4) is 0 Å². The summed E-state index contributed by atoms with van der Waals surface area (Å²) < 4.78 is 16.9. The molecule has 1 aromatic carbocycles. The molecular formula is C15H17BrN2O3. The predicted molar refractivity (Wildman–Crippen MR) is 86.1 cm³/mol. The van der Waals surface area contributed by atoms with Gasteiger partial charge in [-0.05, 0) is 34.5 Å². The molecule has 0 radical (unpaired) electrons. The standard InChI is InChI=1S/C15H17BrN2O3/c1-9-5-10(16)8-17-15(9)18-11-6-12(19-2)14(21-4)13(7-11)20-3/h5-8H,1-4H3,(H,17,18). The molecule has 21 heavy (non-hydrogen) atoms. The van der Waals surface area contributed by atoms with Gasteiger partial charge in [-0.1, -0.05) is 0 Å². The second-order valence-corrected chi connectivity index (χ2v) is 5.27. The third-order valence-electron chi connectivity index (χ3n) is 2.97. The second-order valence-electron chi connectivity index (χ2n) is 4.36. The van der Waals surface area contributed by atoms with Crippen molar-refractivity contribution in [1.82, 2.24) is 4.98 Å². The Balaban J connectivity index is 2.40. The number of methoxy groups -OCH3 is 3. The average Bonchev–Trinajstić information content (AvgIpc) is 2.49. The molecule has 0 aliphatic rings. The molecule has 0 saturated heterocycles. The van der Waals surface area contributed by atoms with Crippen molar-refractivity contribution in [1.29, 1.82) is 0 Å². The summed E-state index contributed by atoms with van der Waals surface area (Å²) in [6.45, 7) is 1.98. The number of rotatable bonds is 5. The fraction of sp³-hybridized carbons (Fsp3) is 0.267. The van der Waals surface area contributed by atoms with E-state index in [0.29, 0.717) is 17.2 Å². The van der Waals surface area contributed by atoms with Crippen LogP contribution in [0.2, 0.25) is 0 Å². The van der Waals surface area contributed by atoms with E-state index in [-0.39, 0.29) is 0 Å². The zero-order valence-corrected chi connectivity index (χ0v) is 13.9. The van der Waals surface area contributed by atoms with Crippen molar-refractivity contribution >= 4 is 27.4 Å². The van der Waals surface area contributed by atoms with E-state index in [9.17, 15) is 0 Å². The van der Waals surface area contributed by atoms with Gasteiger partial charge in [-0.25, -0.2) is 4.98 Å². The molecule has 0 unspecified atom stereocenters. The van der Waals surface area contributed by atoms with Gasteiger partial charge >= 0.3 is 0 Å². The second kappa shape index (κ2) is 6.67. The van der Waals surface area contributed by atoms with Gasteiger partial charge < -0.3 is 19.5 Å². The van der Waals surface area contributed by atoms with Crippen LogP contribution in [0, 0.1) is 6.92 Å². The highest BCUT2D eigenvalue weighted by Gasteiger charge is 2.13. The van der Waals surface area contributed by atoms with Gasteiger partial charge in [0.05, 0.1) is 21.3 Å². The summed E-state index contributed by atoms with van der Waals surface area (Å²) in [5, 5.41) is 3.25. The van der Waals surface area contributed by atoms with Gasteiger partial charge in [0, 0.05) is 28.5 Å². The van der Waals surface area contributed by atoms with Crippen molar-refractivity contribution in [2.75, 3.05) is 26.6 Å². The Kier molecular flexibility index (Phi) is 4.90. The summed E-state index contributed by atoms with van der Waals surface area (Å²) in [7, 11) is 4.75. The quantitative estimate of drug-likeness (QED) is 0.883. The molecule has 0 aliphatic carbocycles. The molecule has 0 atom stereocenters. The third kappa shape index (κ3) is 3.39. The fourth-order valence-corrected chi connectivity index (χ4v) is 2.41. The molecule has 5 nitrogen and oxygen atoms in total. The van der Waals surface area contributed by atoms with Gasteiger partial charge in [0.25, 0.3) is 0 Å². The van der Waals surface area contributed by atoms with Crippen LogP contribution < -0.4 is 19.5 Å². The number of hydrogen-bond acceptors (Lipinski definition) is 5. The van der Waals surface area contributed by atoms with Crippen molar-refractivity contribution in [3.05, 3.63) is 34.4 Å². The summed E-state index contributed by atoms with van der Waals surface area (Å²) in [5.41, 5.74) is 1.83. The van der Waals surface area contributed by atoms with Gasteiger partial charge in [-0.2, -0.15) is 0 Å². The number of hydrogen-bond donors (Lipinski definition) is 1. The number of ether oxygens (including phenoxy) is 3. The van der Waals surface area contributed by atoms with Crippen molar-refractivity contribution in [2.45, 2.75) is 6.92 Å². The molecule has 2 aromatic rings. The molecule has 1 heterocycles. The smallest absolute Gasteiger partial charge is 0.203 e. The number of benzene rings is 1. The first-order valence-electron chi connectivity index (χ1n) is 6.28. The molecule has 0 bridgehead atoms. The van der Waals surface area contributed by atoms with Crippen LogP contribution in [0.15, 0.2) is 28.9 Å². The zero-order valence-electron chi connectivity index (χ0n) is 12.4. The Morgan fingerprint density at radius 2 is 1.62 bits per heavy atom. The average molecular weight is 353 g/mol. The maximum atomic E-state index is 5.33. The predicted octanol–water partition coefficient (Wildman–Crippen LogP) is 3.92. The lowest BCUT2D eigenvalue weighted by molar-refractivity contribution is 0.324. The van der Waals surface area contributed by atoms with Crippen LogP contribution in [0.4, 0.5) is 11.5 Å². The van der Waals surface area contributed by atoms with E-state index in [2.05, 4.69) is 26.2 Å². The molecule has 6 heteroatoms. The van der Waals surface area contributed by atoms with E-state index < -0.39 is 0 Å². The number of aryl methyl sites for hydroxylation is 1. The molecule has 0 amide bonds. The maximum absolute atomic E-state index is 5.33. The van der Waals surface area contributed by atoms with E-state index in [1.165, 1.54) is 0 Å². The first kappa shape index (κ1) is 15.4. The lowest BCUT2D eigenvalue weighted by Gasteiger charge is -2.15. The number of nitrogens with one attached hydrogen (secondary N) is 1. The van der Waals surface area contributed by atoms with E-state index in [1.54, 1.807) is 27.5 Å². The lowest BCUT2D eigenvalue weighted by atomic mass is 10.2. The molecule has 0 fully saturated rings. The highest BCUT2D eigenvalue weighted by molar-refractivity contribution is 9.10. The monoisotopic (exact) mass is 352 g/mol. The summed E-state index contributed by atoms with van der Waals surface area (Å²) in [6, 6.07) is 5.67. The molecule has 112 valence electrons. The lowest BCUT2D eigenvalue weighted by Crippen LogP contribution is -2.00. The molecule has 1 aromatic heterocycles. The van der Waals surface area contributed by atoms with Crippen molar-refractivity contribution in [3.8, 4) is 17.2 Å². The van der Waals surface area contributed by atoms with Crippen LogP contribution in [0.5, 0.6) is 17.2 Å². The van der Waals surface area contributed by atoms with Crippen LogP contribution in [-0.4, -0.2) is 26.3 Å². The normalized spacial score (nSPS) is 10.1. The minimum Gasteiger partial charge on any atom is -0.493 e. The van der Waals surface area contributed by atoms with E-state index >= 15 is 0 Å². The Hall–Kier alpha value is -1.95. The Morgan fingerprint density at radius 3 is 2.10 bits per heavy atom. The fourth-order valence-electron chi connectivity index (χ4n) is 1.96. The van der Waals surface area contributed by atoms with E-state index in [0.717, 1.165) is 21.5 Å². The van der Waals surface area contributed by atoms with Gasteiger partial charge in [-0.3, -0.25) is 0 Å². The summed E-state index contributed by atoms with van der Waals surface area (Å²) >= 11 is 3.40. The van der Waals surface area contributed by atoms with E-state index in [4.69, 9.17) is 14.2 Å². The zero-order chi connectivity index (χ0) is 15.4. The maximum Gasteiger partial charge on any atom is 0.203 e. The minimum atomic E-state index is 0.561. The number of aromatic nitrogens is 1. The first-order valence-corrected chi connectivity index (χ1v) is 7.07. The summed E-state index contributed by atoms with van der Waals surface area (Å²) in [4.78, 5) is 4.36. The van der Waals surface area contributed by atoms with Crippen LogP contribution >= 0.6 is 15.9 Å². The van der Waals surface area contributed by atoms with Gasteiger partial charge in [0.2, 0.25) is 5.75 Å². The Bertz CT molecular complexity index is 622. The largest absolute Gasteiger partial charge is 0.493 e. The molecule has 0 spiro atoms. The molecule has 1 N–H and O–H groups in total. The summed E-state index contributed by atoms with van der Waals surface area (Å²) in [5.74, 6) is 2.52. The number of nitrogens with zero attached hydrogens (tertiary/aromatic N) is 1. The first-order chi connectivity index (χ1) is 10.1. The van der Waals surface area contributed by atoms with Crippen molar-refractivity contribution in [3.63, 3.8) is 0 Å². The third-order valence-corrected chi connectivity index (χ3v) is 3.41. The van der Waals surface area contributed by atoms with Crippen LogP contribution in [0.25, 0.3) is 0 Å². The number of pyridine rings is 1. The van der Waals surface area contributed by atoms with Crippen molar-refractivity contribution < 1.29 is 14.2 Å². The topological polar surface area (TPSA) is 52.6 Å². The van der Waals surface area contributed by atoms with Crippen LogP contribution in [0.1, 0.15) is 5.56 Å². The highest BCUT2D eigenvalue weighted by atomic mass is 79.9. The van der Waals surface area contributed by atoms with Gasteiger partial charge in [-0.15, -0.1) is 0 Å². The Morgan fingerprint density at radius 1 is 1.00 bits per heavy atom. The van der Waals surface area contributed by atoms with Gasteiger partial charge in [0.15, 0.2) is 11.5 Å². The molecule has 0 aliphatic heterocycles. The van der Waals surface area contributed by atoms with Crippen LogP contribution in [-0.2, 0) is 0 Å². The minimum absolute atomic E-state index is 0.561.